The molecule has 14 rings (SSSR count). The number of nitrogens with one attached hydrogen (secondary N) is 1. The van der Waals surface area contributed by atoms with Gasteiger partial charge in [0.1, 0.15) is 35.4 Å². The summed E-state index contributed by atoms with van der Waals surface area (Å²) >= 11 is 25.9. The summed E-state index contributed by atoms with van der Waals surface area (Å²) in [6.45, 7) is 4.98. The number of halogens is 6. The lowest BCUT2D eigenvalue weighted by Crippen LogP contribution is -2.62. The molecule has 4 heterocycles. The van der Waals surface area contributed by atoms with Crippen LogP contribution in [0.25, 0.3) is 6.08 Å². The van der Waals surface area contributed by atoms with Gasteiger partial charge in [0.15, 0.2) is 22.9 Å². The number of rotatable bonds is 13. The van der Waals surface area contributed by atoms with Crippen LogP contribution in [-0.4, -0.2) is 62.4 Å². The molecule has 6 aromatic carbocycles. The standard InChI is InChI=1S/C34H29ClFN3O3.C18H19ClFN3O3.C16H12Cl2/c1-2-3-17-42-32-29(40)15-16-38-31(32)33(41)37(20-24-11-8-14-28(35)30(24)36)21-39(38)34-25(18-22-9-4-6-12-26(22)34)19-23-10-5-7-13-27(23)34;1-2-3-9-26-17-14(24)7-8-23-16(17)18(25)22(11-21-23)10-12-5-4-6-13(19)15(12)20;17-15-9-11-5-1-3-7-13(11)16(15,18)14-8-4-2-6-12(14)10-15/h4-16,18H,2-3,17,19-21H2,1H3;4-8,21H,2-3,9-11H2,1H3;1-8H,9-10H2. The fourth-order valence-electron chi connectivity index (χ4n) is 12.9. The summed E-state index contributed by atoms with van der Waals surface area (Å²) in [7, 11) is 0. The van der Waals surface area contributed by atoms with E-state index in [4.69, 9.17) is 55.9 Å². The molecule has 86 heavy (non-hydrogen) atoms. The fourth-order valence-corrected chi connectivity index (χ4v) is 14.3. The molecule has 1 unspecified atom stereocenters. The molecule has 0 bridgehead atoms. The zero-order valence-corrected chi connectivity index (χ0v) is 50.3. The van der Waals surface area contributed by atoms with E-state index in [0.29, 0.717) is 24.3 Å². The molecule has 0 fully saturated rings. The highest BCUT2D eigenvalue weighted by molar-refractivity contribution is 6.38. The van der Waals surface area contributed by atoms with Gasteiger partial charge < -0.3 is 24.7 Å². The quantitative estimate of drug-likeness (QED) is 0.0896. The first kappa shape index (κ1) is 58.5. The number of aromatic nitrogens is 2. The van der Waals surface area contributed by atoms with Gasteiger partial charge in [-0.1, -0.05) is 177 Å². The molecular weight excluding hydrogens is 1180 g/mol. The zero-order valence-electron chi connectivity index (χ0n) is 47.2. The van der Waals surface area contributed by atoms with Gasteiger partial charge in [0.25, 0.3) is 11.8 Å². The smallest absolute Gasteiger partial charge is 0.278 e. The first-order valence-corrected chi connectivity index (χ1v) is 30.3. The number of hydrogen-bond donors (Lipinski definition) is 1. The Hall–Kier alpha value is -7.88. The minimum absolute atomic E-state index is 0.000116. The Bertz CT molecular complexity index is 4100. The number of fused-ring (bicyclic) bond motifs is 12. The van der Waals surface area contributed by atoms with E-state index in [1.165, 1.54) is 73.4 Å². The first-order chi connectivity index (χ1) is 41.6. The predicted octanol–water partition coefficient (Wildman–Crippen LogP) is 13.5. The topological polar surface area (TPSA) is 118 Å². The molecule has 4 aliphatic carbocycles. The number of carbonyl (C=O) groups is 2. The van der Waals surface area contributed by atoms with Gasteiger partial charge in [-0.05, 0) is 94.3 Å². The van der Waals surface area contributed by atoms with Crippen molar-refractivity contribution in [2.75, 3.05) is 37.0 Å². The first-order valence-electron chi connectivity index (χ1n) is 28.8. The molecule has 0 radical (unpaired) electrons. The van der Waals surface area contributed by atoms with Crippen LogP contribution in [0.5, 0.6) is 11.5 Å². The van der Waals surface area contributed by atoms with Crippen LogP contribution in [0.15, 0.2) is 173 Å². The molecule has 1 N–H and O–H groups in total. The van der Waals surface area contributed by atoms with Crippen molar-refractivity contribution in [3.63, 3.8) is 0 Å². The van der Waals surface area contributed by atoms with Crippen LogP contribution in [-0.2, 0) is 42.8 Å². The van der Waals surface area contributed by atoms with Crippen molar-refractivity contribution in [2.45, 2.75) is 87.2 Å². The third kappa shape index (κ3) is 9.92. The van der Waals surface area contributed by atoms with E-state index in [2.05, 4.69) is 77.2 Å². The molecule has 0 saturated carbocycles. The highest BCUT2D eigenvalue weighted by atomic mass is 35.5. The van der Waals surface area contributed by atoms with Crippen LogP contribution in [0, 0.1) is 11.6 Å². The van der Waals surface area contributed by atoms with Gasteiger partial charge in [0.2, 0.25) is 10.9 Å². The number of alkyl halides is 2. The summed E-state index contributed by atoms with van der Waals surface area (Å²) in [6, 6.07) is 45.6. The molecule has 2 aliphatic heterocycles. The highest BCUT2D eigenvalue weighted by Crippen LogP contribution is 2.62. The van der Waals surface area contributed by atoms with Gasteiger partial charge in [0, 0.05) is 35.7 Å². The number of ether oxygens (including phenoxy) is 2. The number of unbranched alkanes of at least 4 members (excludes halogenated alkanes) is 2. The normalized spacial score (nSPS) is 19.7. The highest BCUT2D eigenvalue weighted by Gasteiger charge is 2.61. The monoisotopic (exact) mass is 1230 g/mol. The second kappa shape index (κ2) is 23.8. The summed E-state index contributed by atoms with van der Waals surface area (Å²) in [5.41, 5.74) is 13.0. The maximum atomic E-state index is 15.2. The average molecular weight is 1240 g/mol. The summed E-state index contributed by atoms with van der Waals surface area (Å²) < 4.78 is 44.2. The second-order valence-electron chi connectivity index (χ2n) is 22.2. The third-order valence-electron chi connectivity index (χ3n) is 17.0. The summed E-state index contributed by atoms with van der Waals surface area (Å²) in [6.07, 6.45) is 11.1. The largest absolute Gasteiger partial charge is 0.487 e. The molecule has 8 aromatic rings. The Morgan fingerprint density at radius 3 is 1.69 bits per heavy atom. The Labute approximate surface area is 516 Å². The maximum Gasteiger partial charge on any atom is 0.278 e. The zero-order chi connectivity index (χ0) is 60.1. The van der Waals surface area contributed by atoms with Crippen LogP contribution in [0.3, 0.4) is 0 Å². The van der Waals surface area contributed by atoms with E-state index in [-0.39, 0.29) is 70.2 Å². The van der Waals surface area contributed by atoms with Gasteiger partial charge in [-0.25, -0.2) is 8.78 Å². The molecule has 2 amide bonds. The van der Waals surface area contributed by atoms with Gasteiger partial charge in [0.05, 0.1) is 41.2 Å². The Balaban J connectivity index is 0.000000139. The third-order valence-corrected chi connectivity index (χ3v) is 19.0. The maximum absolute atomic E-state index is 15.2. The van der Waals surface area contributed by atoms with E-state index >= 15 is 4.39 Å². The average Bonchev–Trinajstić information content (AvgIpc) is 1.56. The summed E-state index contributed by atoms with van der Waals surface area (Å²) in [5.74, 6) is -1.92. The van der Waals surface area contributed by atoms with Gasteiger partial charge in [-0.3, -0.25) is 33.5 Å². The Morgan fingerprint density at radius 1 is 0.570 bits per heavy atom. The van der Waals surface area contributed by atoms with Gasteiger partial charge in [-0.15, -0.1) is 23.2 Å². The minimum Gasteiger partial charge on any atom is -0.487 e. The Kier molecular flexibility index (Phi) is 16.2. The number of benzene rings is 6. The van der Waals surface area contributed by atoms with Crippen LogP contribution in [0.4, 0.5) is 8.78 Å². The van der Waals surface area contributed by atoms with Crippen molar-refractivity contribution in [3.05, 3.63) is 273 Å². The van der Waals surface area contributed by atoms with Crippen LogP contribution >= 0.6 is 46.4 Å². The van der Waals surface area contributed by atoms with Crippen molar-refractivity contribution >= 4 is 64.3 Å². The van der Waals surface area contributed by atoms with Gasteiger partial charge >= 0.3 is 0 Å². The molecule has 18 heteroatoms. The van der Waals surface area contributed by atoms with Crippen molar-refractivity contribution in [2.24, 2.45) is 0 Å². The fraction of sp³-hybridized carbons (Fsp3) is 0.265. The lowest BCUT2D eigenvalue weighted by molar-refractivity contribution is 0.0647. The summed E-state index contributed by atoms with van der Waals surface area (Å²) in [4.78, 5) is 54.6. The SMILES string of the molecule is CCCCOc1c2n(ccc1=O)N(C13C(=Cc4ccccc41)Cc1ccccc13)CN(Cc1cccc(Cl)c1F)C2=O.CCCCOc1c2n(ccc1=O)NCN(Cc1cccc(Cl)c1F)C2=O.ClC12Cc3ccccc3C1(Cl)c1ccccc1C2. The molecule has 6 aliphatic rings. The number of carbonyl (C=O) groups excluding carboxylic acids is 2. The molecular formula is C68H60Cl4F2N6O6. The number of nitrogens with zero attached hydrogens (tertiary/aromatic N) is 5. The van der Waals surface area contributed by atoms with E-state index in [9.17, 15) is 23.6 Å². The number of hydrogen-bond acceptors (Lipinski definition) is 8. The van der Waals surface area contributed by atoms with Crippen LogP contribution in [0.1, 0.15) is 116 Å². The second-order valence-corrected chi connectivity index (χ2v) is 24.3. The summed E-state index contributed by atoms with van der Waals surface area (Å²) in [5, 5.41) is 2.12. The molecule has 0 saturated heterocycles. The lowest BCUT2D eigenvalue weighted by Gasteiger charge is -2.49. The van der Waals surface area contributed by atoms with Crippen LogP contribution in [0.2, 0.25) is 10.0 Å². The van der Waals surface area contributed by atoms with E-state index in [1.807, 2.05) is 50.2 Å². The predicted molar refractivity (Wildman–Crippen MR) is 333 cm³/mol. The minimum atomic E-state index is -0.747. The number of pyridine rings is 2. The molecule has 12 nitrogen and oxygen atoms in total. The van der Waals surface area contributed by atoms with Crippen molar-refractivity contribution in [1.29, 1.82) is 0 Å². The van der Waals surface area contributed by atoms with Gasteiger partial charge in [-0.2, -0.15) is 0 Å². The lowest BCUT2D eigenvalue weighted by atomic mass is 9.83. The molecule has 440 valence electrons. The van der Waals surface area contributed by atoms with E-state index in [1.54, 1.807) is 40.0 Å². The number of amides is 2. The van der Waals surface area contributed by atoms with E-state index in [0.717, 1.165) is 61.6 Å². The molecule has 2 aromatic heterocycles. The van der Waals surface area contributed by atoms with Crippen molar-refractivity contribution in [3.8, 4) is 11.5 Å². The van der Waals surface area contributed by atoms with E-state index < -0.39 is 38.7 Å². The van der Waals surface area contributed by atoms with Crippen molar-refractivity contribution < 1.29 is 27.8 Å². The molecule has 0 spiro atoms. The van der Waals surface area contributed by atoms with Crippen LogP contribution < -0.4 is 30.8 Å². The Morgan fingerprint density at radius 2 is 1.08 bits per heavy atom. The van der Waals surface area contributed by atoms with Crippen molar-refractivity contribution in [1.82, 2.24) is 19.2 Å². The molecule has 1 atom stereocenters.